The van der Waals surface area contributed by atoms with Crippen molar-refractivity contribution in [3.63, 3.8) is 0 Å². The number of pyridine rings is 1. The normalized spacial score (nSPS) is 16.8. The largest absolute Gasteiger partial charge is 0.313 e. The van der Waals surface area contributed by atoms with Crippen molar-refractivity contribution >= 4 is 26.6 Å². The van der Waals surface area contributed by atoms with E-state index in [2.05, 4.69) is 15.0 Å². The molecule has 0 saturated heterocycles. The fourth-order valence-electron chi connectivity index (χ4n) is 2.12. The van der Waals surface area contributed by atoms with Crippen molar-refractivity contribution in [1.82, 2.24) is 10.3 Å². The first-order valence-electron chi connectivity index (χ1n) is 7.14. The van der Waals surface area contributed by atoms with E-state index >= 15 is 0 Å². The van der Waals surface area contributed by atoms with Gasteiger partial charge in [0, 0.05) is 18.0 Å². The summed E-state index contributed by atoms with van der Waals surface area (Å²) in [5.41, 5.74) is 1.36. The van der Waals surface area contributed by atoms with E-state index in [4.69, 9.17) is 0 Å². The zero-order valence-electron chi connectivity index (χ0n) is 11.9. The molecule has 1 unspecified atom stereocenters. The van der Waals surface area contributed by atoms with Crippen molar-refractivity contribution in [2.45, 2.75) is 31.1 Å². The van der Waals surface area contributed by atoms with Gasteiger partial charge >= 0.3 is 0 Å². The van der Waals surface area contributed by atoms with Gasteiger partial charge in [-0.05, 0) is 31.9 Å². The molecule has 1 saturated carbocycles. The Balaban J connectivity index is 1.72. The molecule has 1 aromatic heterocycles. The minimum Gasteiger partial charge on any atom is -0.313 e. The number of fused-ring (bicyclic) bond motifs is 1. The molecule has 0 spiro atoms. The van der Waals surface area contributed by atoms with Gasteiger partial charge < -0.3 is 5.32 Å². The van der Waals surface area contributed by atoms with Gasteiger partial charge in [0.05, 0.1) is 22.7 Å². The monoisotopic (exact) mass is 305 g/mol. The van der Waals surface area contributed by atoms with Gasteiger partial charge in [0.1, 0.15) is 0 Å². The molecule has 1 fully saturated rings. The summed E-state index contributed by atoms with van der Waals surface area (Å²) >= 11 is 0. The molecule has 1 aliphatic rings. The van der Waals surface area contributed by atoms with Crippen molar-refractivity contribution in [3.05, 3.63) is 36.5 Å². The zero-order chi connectivity index (χ0) is 14.9. The maximum absolute atomic E-state index is 12.3. The Labute approximate surface area is 124 Å². The Morgan fingerprint density at radius 3 is 2.86 bits per heavy atom. The van der Waals surface area contributed by atoms with Crippen LogP contribution in [0, 0.1) is 0 Å². The summed E-state index contributed by atoms with van der Waals surface area (Å²) in [5.74, 6) is 0. The molecule has 2 aromatic rings. The van der Waals surface area contributed by atoms with Crippen LogP contribution in [-0.2, 0) is 10.0 Å². The van der Waals surface area contributed by atoms with E-state index < -0.39 is 15.3 Å². The maximum atomic E-state index is 12.3. The summed E-state index contributed by atoms with van der Waals surface area (Å²) in [7, 11) is -3.40. The highest BCUT2D eigenvalue weighted by Gasteiger charge is 2.25. The molecule has 5 nitrogen and oxygen atoms in total. The second kappa shape index (κ2) is 5.61. The van der Waals surface area contributed by atoms with Gasteiger partial charge in [-0.15, -0.1) is 0 Å². The third kappa shape index (κ3) is 3.51. The molecular weight excluding hydrogens is 286 g/mol. The predicted octanol–water partition coefficient (Wildman–Crippen LogP) is 2.12. The lowest BCUT2D eigenvalue weighted by Crippen LogP contribution is -2.35. The molecule has 0 radical (unpaired) electrons. The summed E-state index contributed by atoms with van der Waals surface area (Å²) < 4.78 is 27.2. The van der Waals surface area contributed by atoms with E-state index in [1.54, 1.807) is 19.2 Å². The number of rotatable bonds is 6. The van der Waals surface area contributed by atoms with Crippen LogP contribution in [0.4, 0.5) is 5.69 Å². The smallest absolute Gasteiger partial charge is 0.236 e. The number of hydrogen-bond acceptors (Lipinski definition) is 4. The predicted molar refractivity (Wildman–Crippen MR) is 84.8 cm³/mol. The lowest BCUT2D eigenvalue weighted by atomic mass is 10.2. The summed E-state index contributed by atoms with van der Waals surface area (Å²) in [5, 5.41) is 3.68. The van der Waals surface area contributed by atoms with Crippen molar-refractivity contribution < 1.29 is 8.42 Å². The lowest BCUT2D eigenvalue weighted by Gasteiger charge is -2.15. The Morgan fingerprint density at radius 1 is 1.33 bits per heavy atom. The Hall–Kier alpha value is -1.66. The number of aromatic nitrogens is 1. The molecule has 112 valence electrons. The van der Waals surface area contributed by atoms with E-state index in [1.165, 1.54) is 0 Å². The first-order chi connectivity index (χ1) is 10.0. The van der Waals surface area contributed by atoms with Crippen molar-refractivity contribution in [2.75, 3.05) is 11.3 Å². The molecule has 1 aliphatic carbocycles. The molecule has 1 atom stereocenters. The van der Waals surface area contributed by atoms with Gasteiger partial charge in [0.15, 0.2) is 0 Å². The summed E-state index contributed by atoms with van der Waals surface area (Å²) in [4.78, 5) is 4.27. The van der Waals surface area contributed by atoms with Gasteiger partial charge in [-0.1, -0.05) is 18.2 Å². The van der Waals surface area contributed by atoms with Crippen LogP contribution >= 0.6 is 0 Å². The number of anilines is 1. The summed E-state index contributed by atoms with van der Waals surface area (Å²) in [6.45, 7) is 2.19. The molecule has 1 heterocycles. The van der Waals surface area contributed by atoms with Crippen LogP contribution in [0.25, 0.3) is 10.9 Å². The first-order valence-corrected chi connectivity index (χ1v) is 8.69. The highest BCUT2D eigenvalue weighted by atomic mass is 32.2. The molecule has 2 N–H and O–H groups in total. The van der Waals surface area contributed by atoms with E-state index in [-0.39, 0.29) is 0 Å². The second-order valence-electron chi connectivity index (χ2n) is 5.56. The van der Waals surface area contributed by atoms with Crippen molar-refractivity contribution in [2.24, 2.45) is 0 Å². The average Bonchev–Trinajstić information content (AvgIpc) is 3.28. The van der Waals surface area contributed by atoms with Crippen molar-refractivity contribution in [1.29, 1.82) is 0 Å². The first kappa shape index (κ1) is 14.3. The highest BCUT2D eigenvalue weighted by Crippen LogP contribution is 2.20. The molecular formula is C15H19N3O2S. The summed E-state index contributed by atoms with van der Waals surface area (Å²) in [6, 6.07) is 9.94. The molecule has 0 amide bonds. The maximum Gasteiger partial charge on any atom is 0.236 e. The minimum atomic E-state index is -3.40. The molecule has 6 heteroatoms. The Morgan fingerprint density at radius 2 is 2.10 bits per heavy atom. The van der Waals surface area contributed by atoms with Gasteiger partial charge in [0.25, 0.3) is 0 Å². The van der Waals surface area contributed by atoms with Gasteiger partial charge in [-0.2, -0.15) is 0 Å². The molecule has 21 heavy (non-hydrogen) atoms. The number of nitrogens with zero attached hydrogens (tertiary/aromatic N) is 1. The number of hydrogen-bond donors (Lipinski definition) is 2. The summed E-state index contributed by atoms with van der Waals surface area (Å²) in [6.07, 6.45) is 3.85. The average molecular weight is 305 g/mol. The number of para-hydroxylation sites is 1. The third-order valence-corrected chi connectivity index (χ3v) is 5.40. The van der Waals surface area contributed by atoms with Gasteiger partial charge in [-0.3, -0.25) is 9.71 Å². The zero-order valence-corrected chi connectivity index (χ0v) is 12.7. The molecule has 0 bridgehead atoms. The highest BCUT2D eigenvalue weighted by molar-refractivity contribution is 7.93. The molecule has 0 aliphatic heterocycles. The fourth-order valence-corrected chi connectivity index (χ4v) is 3.08. The molecule has 3 rings (SSSR count). The minimum absolute atomic E-state index is 0.473. The Kier molecular flexibility index (Phi) is 3.82. The van der Waals surface area contributed by atoms with E-state index in [1.807, 2.05) is 24.3 Å². The molecule has 1 aromatic carbocycles. The SMILES string of the molecule is CC(CNC1CC1)S(=O)(=O)Nc1cnc2ccccc2c1. The van der Waals surface area contributed by atoms with Gasteiger partial charge in [-0.25, -0.2) is 8.42 Å². The topological polar surface area (TPSA) is 71.1 Å². The van der Waals surface area contributed by atoms with Crippen LogP contribution in [0.1, 0.15) is 19.8 Å². The van der Waals surface area contributed by atoms with Crippen LogP contribution in [0.15, 0.2) is 36.5 Å². The number of benzene rings is 1. The van der Waals surface area contributed by atoms with Crippen LogP contribution < -0.4 is 10.0 Å². The lowest BCUT2D eigenvalue weighted by molar-refractivity contribution is 0.576. The third-order valence-electron chi connectivity index (χ3n) is 3.65. The van der Waals surface area contributed by atoms with Crippen molar-refractivity contribution in [3.8, 4) is 0 Å². The quantitative estimate of drug-likeness (QED) is 0.857. The van der Waals surface area contributed by atoms with Gasteiger partial charge in [0.2, 0.25) is 10.0 Å². The van der Waals surface area contributed by atoms with E-state index in [0.29, 0.717) is 18.3 Å². The standard InChI is InChI=1S/C15H19N3O2S/c1-11(9-16-13-6-7-13)21(19,20)18-14-8-12-4-2-3-5-15(12)17-10-14/h2-5,8,10-11,13,16,18H,6-7,9H2,1H3. The van der Waals surface area contributed by atoms with Crippen LogP contribution in [0.2, 0.25) is 0 Å². The second-order valence-corrected chi connectivity index (χ2v) is 7.66. The van der Waals surface area contributed by atoms with Crippen LogP contribution in [0.3, 0.4) is 0 Å². The van der Waals surface area contributed by atoms with E-state index in [0.717, 1.165) is 23.7 Å². The fraction of sp³-hybridized carbons (Fsp3) is 0.400. The van der Waals surface area contributed by atoms with Crippen LogP contribution in [-0.4, -0.2) is 31.2 Å². The van der Waals surface area contributed by atoms with Crippen LogP contribution in [0.5, 0.6) is 0 Å². The van der Waals surface area contributed by atoms with E-state index in [9.17, 15) is 8.42 Å². The Bertz CT molecular complexity index is 741. The number of nitrogens with one attached hydrogen (secondary N) is 2. The number of sulfonamides is 1.